The molecule has 112 valence electrons. The van der Waals surface area contributed by atoms with Crippen LogP contribution in [0.4, 0.5) is 10.5 Å². The molecule has 1 aromatic carbocycles. The number of rotatable bonds is 6. The number of nitrogens with one attached hydrogen (secondary N) is 2. The summed E-state index contributed by atoms with van der Waals surface area (Å²) in [6, 6.07) is 4.89. The van der Waals surface area contributed by atoms with Crippen molar-refractivity contribution in [2.45, 2.75) is 33.2 Å². The first-order valence-electron chi connectivity index (χ1n) is 6.79. The zero-order chi connectivity index (χ0) is 15.1. The van der Waals surface area contributed by atoms with E-state index in [9.17, 15) is 9.90 Å². The van der Waals surface area contributed by atoms with E-state index in [1.165, 1.54) is 0 Å². The highest BCUT2D eigenvalue weighted by Gasteiger charge is 2.13. The molecule has 0 aliphatic rings. The molecule has 20 heavy (non-hydrogen) atoms. The lowest BCUT2D eigenvalue weighted by atomic mass is 10.0. The summed E-state index contributed by atoms with van der Waals surface area (Å²) in [6.07, 6.45) is 0.742. The summed E-state index contributed by atoms with van der Waals surface area (Å²) in [5.74, 6) is 1.19. The van der Waals surface area contributed by atoms with Crippen molar-refractivity contribution in [3.8, 4) is 5.75 Å². The summed E-state index contributed by atoms with van der Waals surface area (Å²) in [5, 5.41) is 14.8. The Morgan fingerprint density at radius 1 is 1.40 bits per heavy atom. The standard InChI is InChI=1S/C15H24N2O3/c1-10(2)7-13(9-18)17-15(19)16-12-5-6-14(20-4)11(3)8-12/h5-6,8,10,13,18H,7,9H2,1-4H3,(H2,16,17,19)/t13-/m0/s1. The number of methoxy groups -OCH3 is 1. The molecule has 0 aliphatic heterocycles. The molecule has 5 nitrogen and oxygen atoms in total. The van der Waals surface area contributed by atoms with E-state index in [4.69, 9.17) is 4.74 Å². The fraction of sp³-hybridized carbons (Fsp3) is 0.533. The van der Waals surface area contributed by atoms with Crippen LogP contribution in [-0.4, -0.2) is 30.9 Å². The highest BCUT2D eigenvalue weighted by molar-refractivity contribution is 5.89. The Balaban J connectivity index is 2.59. The maximum atomic E-state index is 11.9. The number of benzene rings is 1. The van der Waals surface area contributed by atoms with Gasteiger partial charge >= 0.3 is 6.03 Å². The molecular weight excluding hydrogens is 256 g/mol. The van der Waals surface area contributed by atoms with Crippen LogP contribution in [0.5, 0.6) is 5.75 Å². The van der Waals surface area contributed by atoms with Crippen molar-refractivity contribution in [2.75, 3.05) is 19.0 Å². The number of aliphatic hydroxyl groups excluding tert-OH is 1. The van der Waals surface area contributed by atoms with Gasteiger partial charge in [0, 0.05) is 5.69 Å². The Morgan fingerprint density at radius 2 is 2.10 bits per heavy atom. The van der Waals surface area contributed by atoms with Gasteiger partial charge < -0.3 is 20.5 Å². The summed E-state index contributed by atoms with van der Waals surface area (Å²) >= 11 is 0. The number of aryl methyl sites for hydroxylation is 1. The Morgan fingerprint density at radius 3 is 2.60 bits per heavy atom. The van der Waals surface area contributed by atoms with Gasteiger partial charge in [-0.2, -0.15) is 0 Å². The van der Waals surface area contributed by atoms with Crippen LogP contribution in [0.3, 0.4) is 0 Å². The van der Waals surface area contributed by atoms with E-state index in [2.05, 4.69) is 24.5 Å². The van der Waals surface area contributed by atoms with Crippen molar-refractivity contribution >= 4 is 11.7 Å². The molecule has 0 heterocycles. The first-order chi connectivity index (χ1) is 9.46. The molecular formula is C15H24N2O3. The lowest BCUT2D eigenvalue weighted by molar-refractivity contribution is 0.214. The van der Waals surface area contributed by atoms with E-state index < -0.39 is 0 Å². The molecule has 0 aliphatic carbocycles. The predicted octanol–water partition coefficient (Wildman–Crippen LogP) is 2.53. The van der Waals surface area contributed by atoms with E-state index in [1.807, 2.05) is 19.1 Å². The minimum atomic E-state index is -0.311. The van der Waals surface area contributed by atoms with Crippen LogP contribution in [0.25, 0.3) is 0 Å². The number of carbonyl (C=O) groups is 1. The van der Waals surface area contributed by atoms with Crippen LogP contribution in [0.15, 0.2) is 18.2 Å². The number of urea groups is 1. The summed E-state index contributed by atoms with van der Waals surface area (Å²) in [4.78, 5) is 11.9. The minimum absolute atomic E-state index is 0.0623. The highest BCUT2D eigenvalue weighted by atomic mass is 16.5. The number of anilines is 1. The van der Waals surface area contributed by atoms with Crippen molar-refractivity contribution in [2.24, 2.45) is 5.92 Å². The fourth-order valence-corrected chi connectivity index (χ4v) is 2.06. The largest absolute Gasteiger partial charge is 0.496 e. The number of amides is 2. The van der Waals surface area contributed by atoms with Crippen LogP contribution in [0.1, 0.15) is 25.8 Å². The van der Waals surface area contributed by atoms with Gasteiger partial charge in [0.15, 0.2) is 0 Å². The second-order valence-electron chi connectivity index (χ2n) is 5.29. The SMILES string of the molecule is COc1ccc(NC(=O)N[C@H](CO)CC(C)C)cc1C. The number of carbonyl (C=O) groups excluding carboxylic acids is 1. The van der Waals surface area contributed by atoms with Gasteiger partial charge in [0.05, 0.1) is 19.8 Å². The molecule has 0 radical (unpaired) electrons. The number of hydrogen-bond donors (Lipinski definition) is 3. The number of ether oxygens (including phenoxy) is 1. The lowest BCUT2D eigenvalue weighted by Crippen LogP contribution is -2.40. The quantitative estimate of drug-likeness (QED) is 0.750. The van der Waals surface area contributed by atoms with Crippen LogP contribution in [0, 0.1) is 12.8 Å². The van der Waals surface area contributed by atoms with Gasteiger partial charge in [0.2, 0.25) is 0 Å². The first-order valence-corrected chi connectivity index (χ1v) is 6.79. The third kappa shape index (κ3) is 5.09. The summed E-state index contributed by atoms with van der Waals surface area (Å²) < 4.78 is 5.17. The molecule has 0 unspecified atom stereocenters. The van der Waals surface area contributed by atoms with Crippen molar-refractivity contribution in [1.82, 2.24) is 5.32 Å². The Kier molecular flexibility index (Phi) is 6.31. The van der Waals surface area contributed by atoms with E-state index in [0.29, 0.717) is 11.6 Å². The van der Waals surface area contributed by atoms with Crippen LogP contribution in [-0.2, 0) is 0 Å². The molecule has 1 rings (SSSR count). The van der Waals surface area contributed by atoms with Crippen molar-refractivity contribution in [3.63, 3.8) is 0 Å². The second kappa shape index (κ2) is 7.75. The zero-order valence-electron chi connectivity index (χ0n) is 12.6. The zero-order valence-corrected chi connectivity index (χ0v) is 12.6. The average molecular weight is 280 g/mol. The van der Waals surface area contributed by atoms with Crippen molar-refractivity contribution in [1.29, 1.82) is 0 Å². The predicted molar refractivity (Wildman–Crippen MR) is 80.2 cm³/mol. The maximum absolute atomic E-state index is 11.9. The number of hydrogen-bond acceptors (Lipinski definition) is 3. The Hall–Kier alpha value is -1.75. The molecule has 0 spiro atoms. The van der Waals surface area contributed by atoms with Gasteiger partial charge in [-0.25, -0.2) is 4.79 Å². The summed E-state index contributed by atoms with van der Waals surface area (Å²) in [6.45, 7) is 5.95. The summed E-state index contributed by atoms with van der Waals surface area (Å²) in [7, 11) is 1.61. The van der Waals surface area contributed by atoms with Gasteiger partial charge in [-0.15, -0.1) is 0 Å². The topological polar surface area (TPSA) is 70.6 Å². The molecule has 5 heteroatoms. The monoisotopic (exact) mass is 280 g/mol. The summed E-state index contributed by atoms with van der Waals surface area (Å²) in [5.41, 5.74) is 1.65. The third-order valence-corrected chi connectivity index (χ3v) is 2.96. The van der Waals surface area contributed by atoms with E-state index in [-0.39, 0.29) is 18.7 Å². The lowest BCUT2D eigenvalue weighted by Gasteiger charge is -2.18. The van der Waals surface area contributed by atoms with Crippen molar-refractivity contribution in [3.05, 3.63) is 23.8 Å². The molecule has 3 N–H and O–H groups in total. The van der Waals surface area contributed by atoms with Gasteiger partial charge in [0.25, 0.3) is 0 Å². The molecule has 0 aromatic heterocycles. The second-order valence-corrected chi connectivity index (χ2v) is 5.29. The maximum Gasteiger partial charge on any atom is 0.319 e. The molecule has 0 fully saturated rings. The van der Waals surface area contributed by atoms with Crippen LogP contribution in [0.2, 0.25) is 0 Å². The normalized spacial score (nSPS) is 12.1. The Labute approximate surface area is 120 Å². The van der Waals surface area contributed by atoms with Crippen molar-refractivity contribution < 1.29 is 14.6 Å². The smallest absolute Gasteiger partial charge is 0.319 e. The van der Waals surface area contributed by atoms with Gasteiger partial charge in [-0.3, -0.25) is 0 Å². The third-order valence-electron chi connectivity index (χ3n) is 2.96. The fourth-order valence-electron chi connectivity index (χ4n) is 2.06. The van der Waals surface area contributed by atoms with Crippen LogP contribution < -0.4 is 15.4 Å². The molecule has 1 atom stereocenters. The van der Waals surface area contributed by atoms with Gasteiger partial charge in [-0.05, 0) is 43.0 Å². The first kappa shape index (κ1) is 16.3. The minimum Gasteiger partial charge on any atom is -0.496 e. The highest BCUT2D eigenvalue weighted by Crippen LogP contribution is 2.21. The number of aliphatic hydroxyl groups is 1. The average Bonchev–Trinajstić information content (AvgIpc) is 2.37. The van der Waals surface area contributed by atoms with Gasteiger partial charge in [0.1, 0.15) is 5.75 Å². The molecule has 0 saturated carbocycles. The van der Waals surface area contributed by atoms with E-state index >= 15 is 0 Å². The Bertz CT molecular complexity index is 447. The van der Waals surface area contributed by atoms with E-state index in [1.54, 1.807) is 13.2 Å². The molecule has 0 bridgehead atoms. The molecule has 2 amide bonds. The van der Waals surface area contributed by atoms with Gasteiger partial charge in [-0.1, -0.05) is 13.8 Å². The van der Waals surface area contributed by atoms with E-state index in [0.717, 1.165) is 17.7 Å². The molecule has 1 aromatic rings. The van der Waals surface area contributed by atoms with Crippen LogP contribution >= 0.6 is 0 Å². The molecule has 0 saturated heterocycles.